The van der Waals surface area contributed by atoms with Crippen LogP contribution in [0.25, 0.3) is 11.0 Å². The molecule has 27 heavy (non-hydrogen) atoms. The number of rotatable bonds is 5. The molecule has 0 radical (unpaired) electrons. The molecule has 2 aliphatic rings. The Balaban J connectivity index is 1.66. The summed E-state index contributed by atoms with van der Waals surface area (Å²) in [5, 5.41) is 5.05. The van der Waals surface area contributed by atoms with Gasteiger partial charge in [0, 0.05) is 19.1 Å². The van der Waals surface area contributed by atoms with Crippen LogP contribution in [0.4, 0.5) is 0 Å². The predicted molar refractivity (Wildman–Crippen MR) is 106 cm³/mol. The van der Waals surface area contributed by atoms with Crippen LogP contribution in [0, 0.1) is 5.92 Å². The first-order valence-corrected chi connectivity index (χ1v) is 9.70. The zero-order valence-corrected chi connectivity index (χ0v) is 15.7. The Morgan fingerprint density at radius 3 is 2.81 bits per heavy atom. The van der Waals surface area contributed by atoms with E-state index in [9.17, 15) is 4.79 Å². The minimum absolute atomic E-state index is 0.0906. The summed E-state index contributed by atoms with van der Waals surface area (Å²) >= 11 is 0. The molecule has 0 bridgehead atoms. The van der Waals surface area contributed by atoms with E-state index in [4.69, 9.17) is 9.72 Å². The monoisotopic (exact) mass is 366 g/mol. The van der Waals surface area contributed by atoms with Gasteiger partial charge in [0.2, 0.25) is 0 Å². The molecule has 2 unspecified atom stereocenters. The number of ether oxygens (including phenoxy) is 1. The number of nitrogens with one attached hydrogen (secondary N) is 1. The van der Waals surface area contributed by atoms with Crippen LogP contribution in [0.3, 0.4) is 0 Å². The molecule has 2 atom stereocenters. The first-order chi connectivity index (χ1) is 13.2. The molecular formula is C21H26N4O2. The summed E-state index contributed by atoms with van der Waals surface area (Å²) in [6.07, 6.45) is 13.5. The molecule has 1 saturated heterocycles. The number of hydrogen-bond acceptors (Lipinski definition) is 4. The quantitative estimate of drug-likeness (QED) is 0.820. The molecule has 6 nitrogen and oxygen atoms in total. The van der Waals surface area contributed by atoms with E-state index >= 15 is 0 Å². The number of hydrogen-bond donors (Lipinski definition) is 1. The Hall–Kier alpha value is -2.47. The molecule has 2 fully saturated rings. The summed E-state index contributed by atoms with van der Waals surface area (Å²) in [4.78, 5) is 20.5. The Morgan fingerprint density at radius 2 is 2.11 bits per heavy atom. The third kappa shape index (κ3) is 3.41. The van der Waals surface area contributed by atoms with Crippen LogP contribution in [-0.2, 0) is 4.74 Å². The zero-order valence-electron chi connectivity index (χ0n) is 15.7. The van der Waals surface area contributed by atoms with Crippen molar-refractivity contribution in [1.29, 1.82) is 0 Å². The van der Waals surface area contributed by atoms with Crippen molar-refractivity contribution in [2.75, 3.05) is 13.2 Å². The van der Waals surface area contributed by atoms with Crippen molar-refractivity contribution in [3.05, 3.63) is 58.8 Å². The minimum Gasteiger partial charge on any atom is -0.381 e. The Bertz CT molecular complexity index is 947. The highest BCUT2D eigenvalue weighted by Gasteiger charge is 2.35. The summed E-state index contributed by atoms with van der Waals surface area (Å²) in [5.74, 6) is 1.46. The molecule has 1 N–H and O–H groups in total. The maximum atomic E-state index is 12.6. The average Bonchev–Trinajstić information content (AvgIpc) is 3.06. The van der Waals surface area contributed by atoms with Crippen LogP contribution in [0.2, 0.25) is 0 Å². The lowest BCUT2D eigenvalue weighted by atomic mass is 9.69. The van der Waals surface area contributed by atoms with Gasteiger partial charge in [0.1, 0.15) is 11.2 Å². The summed E-state index contributed by atoms with van der Waals surface area (Å²) in [6.45, 7) is 7.31. The van der Waals surface area contributed by atoms with Gasteiger partial charge in [-0.25, -0.2) is 9.67 Å². The molecule has 1 aliphatic heterocycles. The molecule has 0 aromatic carbocycles. The van der Waals surface area contributed by atoms with Gasteiger partial charge in [-0.05, 0) is 38.5 Å². The third-order valence-electron chi connectivity index (χ3n) is 5.84. The minimum atomic E-state index is -0.0906. The van der Waals surface area contributed by atoms with Crippen molar-refractivity contribution in [3.8, 4) is 0 Å². The first kappa shape index (κ1) is 17.9. The summed E-state index contributed by atoms with van der Waals surface area (Å²) in [7, 11) is 0. The topological polar surface area (TPSA) is 72.8 Å². The van der Waals surface area contributed by atoms with E-state index < -0.39 is 0 Å². The fourth-order valence-corrected chi connectivity index (χ4v) is 4.11. The largest absolute Gasteiger partial charge is 0.381 e. The second kappa shape index (κ2) is 7.64. The van der Waals surface area contributed by atoms with Crippen molar-refractivity contribution in [3.63, 3.8) is 0 Å². The lowest BCUT2D eigenvalue weighted by Crippen LogP contribution is -2.29. The number of aromatic nitrogens is 4. The zero-order chi connectivity index (χ0) is 18.8. The van der Waals surface area contributed by atoms with E-state index in [-0.39, 0.29) is 17.5 Å². The highest BCUT2D eigenvalue weighted by atomic mass is 16.5. The van der Waals surface area contributed by atoms with Crippen LogP contribution in [0.5, 0.6) is 0 Å². The van der Waals surface area contributed by atoms with Gasteiger partial charge in [0.05, 0.1) is 12.2 Å². The van der Waals surface area contributed by atoms with Gasteiger partial charge < -0.3 is 9.72 Å². The molecule has 1 aliphatic carbocycles. The molecule has 2 aromatic heterocycles. The van der Waals surface area contributed by atoms with Crippen LogP contribution in [-0.4, -0.2) is 33.0 Å². The lowest BCUT2D eigenvalue weighted by Gasteiger charge is -2.36. The number of allylic oxidation sites excluding steroid dienone is 5. The molecule has 0 amide bonds. The smallest absolute Gasteiger partial charge is 0.262 e. The molecule has 4 rings (SSSR count). The average molecular weight is 366 g/mol. The fourth-order valence-electron chi connectivity index (χ4n) is 4.11. The van der Waals surface area contributed by atoms with Crippen molar-refractivity contribution < 1.29 is 4.74 Å². The summed E-state index contributed by atoms with van der Waals surface area (Å²) < 4.78 is 7.39. The number of fused-ring (bicyclic) bond motifs is 1. The lowest BCUT2D eigenvalue weighted by molar-refractivity contribution is 0.0673. The highest BCUT2D eigenvalue weighted by Crippen LogP contribution is 2.45. The van der Waals surface area contributed by atoms with Crippen molar-refractivity contribution in [2.24, 2.45) is 5.92 Å². The van der Waals surface area contributed by atoms with Crippen LogP contribution >= 0.6 is 0 Å². The van der Waals surface area contributed by atoms with E-state index in [0.717, 1.165) is 44.7 Å². The molecule has 6 heteroatoms. The number of nitrogens with zero attached hydrogens (tertiary/aromatic N) is 3. The molecule has 1 saturated carbocycles. The van der Waals surface area contributed by atoms with E-state index in [1.807, 2.05) is 16.8 Å². The molecule has 142 valence electrons. The maximum absolute atomic E-state index is 12.6. The van der Waals surface area contributed by atoms with Gasteiger partial charge in [0.25, 0.3) is 5.56 Å². The third-order valence-corrected chi connectivity index (χ3v) is 5.84. The molecule has 3 heterocycles. The standard InChI is InChI=1S/C21H26N4O2/c1-3-4-5-6-14(2)16-7-8-17(16)19-23-20-18(21(26)24-19)13-22-25(20)15-9-11-27-12-10-15/h3-6,13,15-17H,1,7-12H2,2H3,(H,23,24,26)/b5-4-,14-6+. The van der Waals surface area contributed by atoms with Gasteiger partial charge in [0.15, 0.2) is 5.65 Å². The second-order valence-electron chi connectivity index (χ2n) is 7.44. The maximum Gasteiger partial charge on any atom is 0.262 e. The van der Waals surface area contributed by atoms with E-state index in [0.29, 0.717) is 17.0 Å². The number of H-pyrrole nitrogens is 1. The first-order valence-electron chi connectivity index (χ1n) is 9.70. The Labute approximate surface area is 158 Å². The van der Waals surface area contributed by atoms with Crippen LogP contribution < -0.4 is 5.56 Å². The highest BCUT2D eigenvalue weighted by molar-refractivity contribution is 5.73. The second-order valence-corrected chi connectivity index (χ2v) is 7.44. The Morgan fingerprint density at radius 1 is 1.30 bits per heavy atom. The molecular weight excluding hydrogens is 340 g/mol. The predicted octanol–water partition coefficient (Wildman–Crippen LogP) is 3.65. The van der Waals surface area contributed by atoms with E-state index in [1.165, 1.54) is 5.57 Å². The summed E-state index contributed by atoms with van der Waals surface area (Å²) in [6, 6.07) is 0.251. The van der Waals surface area contributed by atoms with Crippen LogP contribution in [0.15, 0.2) is 47.4 Å². The van der Waals surface area contributed by atoms with Gasteiger partial charge in [-0.2, -0.15) is 5.10 Å². The number of aromatic amines is 1. The SMILES string of the molecule is C=C/C=C\C=C(/C)C1CCC1c1nc2c(cnn2C2CCOCC2)c(=O)[nH]1. The van der Waals surface area contributed by atoms with Crippen LogP contribution in [0.1, 0.15) is 50.4 Å². The van der Waals surface area contributed by atoms with Gasteiger partial charge in [-0.1, -0.05) is 36.5 Å². The van der Waals surface area contributed by atoms with Gasteiger partial charge >= 0.3 is 0 Å². The summed E-state index contributed by atoms with van der Waals surface area (Å²) in [5.41, 5.74) is 1.93. The van der Waals surface area contributed by atoms with Crippen molar-refractivity contribution in [1.82, 2.24) is 19.7 Å². The van der Waals surface area contributed by atoms with Gasteiger partial charge in [-0.15, -0.1) is 0 Å². The van der Waals surface area contributed by atoms with E-state index in [2.05, 4.69) is 29.7 Å². The molecule has 2 aromatic rings. The molecule has 0 spiro atoms. The van der Waals surface area contributed by atoms with Crippen molar-refractivity contribution in [2.45, 2.75) is 44.6 Å². The van der Waals surface area contributed by atoms with E-state index in [1.54, 1.807) is 12.3 Å². The van der Waals surface area contributed by atoms with Crippen molar-refractivity contribution >= 4 is 11.0 Å². The van der Waals surface area contributed by atoms with Gasteiger partial charge in [-0.3, -0.25) is 4.79 Å². The Kier molecular flexibility index (Phi) is 5.07. The normalized spacial score (nSPS) is 24.4. The fraction of sp³-hybridized carbons (Fsp3) is 0.476.